The molecule has 4 aliphatic rings. The largest absolute Gasteiger partial charge is 0.147 e. The van der Waals surface area contributed by atoms with Crippen molar-refractivity contribution in [1.29, 1.82) is 0 Å². The number of benzene rings is 2. The van der Waals surface area contributed by atoms with E-state index in [4.69, 9.17) is 0 Å². The summed E-state index contributed by atoms with van der Waals surface area (Å²) in [6.45, 7) is 4.87. The molecule has 0 amide bonds. The van der Waals surface area contributed by atoms with Crippen LogP contribution in [0.3, 0.4) is 0 Å². The number of rotatable bonds is 4. The van der Waals surface area contributed by atoms with E-state index in [-0.39, 0.29) is 24.8 Å². The van der Waals surface area contributed by atoms with E-state index in [1.54, 1.807) is 14.4 Å². The SMILES string of the molecule is C[C](C)=[Zr]([CH]1CC=C2C(c3ccccc3)=CC=CC=C21)[CH]1CC=C2C(c3ccccc3)=CC=CC=C21.Cl.Cl. The molecule has 2 atom stereocenters. The van der Waals surface area contributed by atoms with Crippen molar-refractivity contribution in [2.24, 2.45) is 0 Å². The normalized spacial score (nSPS) is 21.0. The van der Waals surface area contributed by atoms with Crippen molar-refractivity contribution in [2.45, 2.75) is 33.9 Å². The number of hydrogen-bond donors (Lipinski definition) is 0. The van der Waals surface area contributed by atoms with Gasteiger partial charge in [0.15, 0.2) is 0 Å². The molecule has 0 fully saturated rings. The minimum Gasteiger partial charge on any atom is -0.147 e. The number of hydrogen-bond acceptors (Lipinski definition) is 0. The van der Waals surface area contributed by atoms with Crippen LogP contribution in [-0.2, 0) is 21.3 Å². The van der Waals surface area contributed by atoms with Crippen molar-refractivity contribution in [2.75, 3.05) is 0 Å². The van der Waals surface area contributed by atoms with Gasteiger partial charge in [0, 0.05) is 0 Å². The predicted molar refractivity (Wildman–Crippen MR) is 167 cm³/mol. The maximum atomic E-state index is 2.55. The van der Waals surface area contributed by atoms with E-state index in [0.29, 0.717) is 7.25 Å². The van der Waals surface area contributed by atoms with Gasteiger partial charge in [-0.3, -0.25) is 0 Å². The van der Waals surface area contributed by atoms with E-state index in [1.807, 2.05) is 0 Å². The minimum absolute atomic E-state index is 0. The maximum Gasteiger partial charge on any atom is -0.147 e. The van der Waals surface area contributed by atoms with Gasteiger partial charge in [-0.2, -0.15) is 0 Å². The smallest absolute Gasteiger partial charge is 0.147 e. The van der Waals surface area contributed by atoms with Crippen molar-refractivity contribution in [3.05, 3.63) is 155 Å². The molecule has 0 aliphatic heterocycles. The minimum atomic E-state index is -2.09. The summed E-state index contributed by atoms with van der Waals surface area (Å²) in [5.74, 6) is 0. The number of allylic oxidation sites excluding steroid dienone is 16. The number of halogens is 2. The molecule has 192 valence electrons. The van der Waals surface area contributed by atoms with Gasteiger partial charge in [-0.15, -0.1) is 24.8 Å². The molecule has 0 bridgehead atoms. The molecule has 2 aromatic carbocycles. The third-order valence-corrected chi connectivity index (χ3v) is 17.1. The van der Waals surface area contributed by atoms with Crippen molar-refractivity contribution < 1.29 is 21.3 Å². The van der Waals surface area contributed by atoms with Gasteiger partial charge in [0.1, 0.15) is 0 Å². The van der Waals surface area contributed by atoms with E-state index in [0.717, 1.165) is 0 Å². The topological polar surface area (TPSA) is 0 Å². The molecular formula is C35H34Cl2Zr. The summed E-state index contributed by atoms with van der Waals surface area (Å²) in [7, 11) is 0. The van der Waals surface area contributed by atoms with Gasteiger partial charge in [0.2, 0.25) is 0 Å². The fraction of sp³-hybridized carbons (Fsp3) is 0.171. The molecular weight excluding hydrogens is 583 g/mol. The first-order chi connectivity index (χ1) is 17.7. The van der Waals surface area contributed by atoms with Crippen molar-refractivity contribution in [3.63, 3.8) is 0 Å². The molecule has 0 spiro atoms. The summed E-state index contributed by atoms with van der Waals surface area (Å²) in [4.78, 5) is 0. The fourth-order valence-electron chi connectivity index (χ4n) is 6.35. The average molecular weight is 617 g/mol. The molecule has 0 saturated heterocycles. The zero-order chi connectivity index (χ0) is 24.5. The van der Waals surface area contributed by atoms with E-state index in [1.165, 1.54) is 46.3 Å². The molecule has 0 aromatic heterocycles. The van der Waals surface area contributed by atoms with Crippen LogP contribution in [0.5, 0.6) is 0 Å². The fourth-order valence-corrected chi connectivity index (χ4v) is 15.7. The first kappa shape index (κ1) is 28.7. The zero-order valence-corrected chi connectivity index (χ0v) is 26.0. The third-order valence-electron chi connectivity index (χ3n) is 7.87. The van der Waals surface area contributed by atoms with Gasteiger partial charge in [-0.25, -0.2) is 0 Å². The molecule has 0 radical (unpaired) electrons. The summed E-state index contributed by atoms with van der Waals surface area (Å²) < 4.78 is 3.12. The molecule has 0 N–H and O–H groups in total. The first-order valence-electron chi connectivity index (χ1n) is 13.1. The Bertz CT molecular complexity index is 1360. The Morgan fingerprint density at radius 2 is 0.947 bits per heavy atom. The summed E-state index contributed by atoms with van der Waals surface area (Å²) >= 11 is -2.09. The summed E-state index contributed by atoms with van der Waals surface area (Å²) in [5, 5.41) is 0. The van der Waals surface area contributed by atoms with Crippen molar-refractivity contribution in [3.8, 4) is 0 Å². The van der Waals surface area contributed by atoms with E-state index < -0.39 is 21.3 Å². The van der Waals surface area contributed by atoms with Crippen LogP contribution in [0.2, 0.25) is 7.25 Å². The quantitative estimate of drug-likeness (QED) is 0.321. The molecule has 0 heterocycles. The summed E-state index contributed by atoms with van der Waals surface area (Å²) in [6.07, 6.45) is 25.9. The Hall–Kier alpha value is -2.31. The Balaban J connectivity index is 0.00000168. The third kappa shape index (κ3) is 5.40. The summed E-state index contributed by atoms with van der Waals surface area (Å²) in [5.41, 5.74) is 11.5. The Labute approximate surface area is 247 Å². The van der Waals surface area contributed by atoms with Gasteiger partial charge in [-0.1, -0.05) is 0 Å². The van der Waals surface area contributed by atoms with Gasteiger partial charge < -0.3 is 0 Å². The van der Waals surface area contributed by atoms with Gasteiger partial charge in [0.05, 0.1) is 0 Å². The van der Waals surface area contributed by atoms with Crippen LogP contribution in [0.1, 0.15) is 37.8 Å². The predicted octanol–water partition coefficient (Wildman–Crippen LogP) is 10.1. The summed E-state index contributed by atoms with van der Waals surface area (Å²) in [6, 6.07) is 21.8. The van der Waals surface area contributed by atoms with Crippen LogP contribution in [0.25, 0.3) is 11.1 Å². The van der Waals surface area contributed by atoms with Crippen LogP contribution in [0, 0.1) is 0 Å². The zero-order valence-electron chi connectivity index (χ0n) is 21.9. The van der Waals surface area contributed by atoms with Crippen molar-refractivity contribution >= 4 is 39.2 Å². The molecule has 3 heteroatoms. The Kier molecular flexibility index (Phi) is 9.59. The van der Waals surface area contributed by atoms with E-state index in [9.17, 15) is 0 Å². The Morgan fingerprint density at radius 1 is 0.553 bits per heavy atom. The van der Waals surface area contributed by atoms with E-state index >= 15 is 0 Å². The standard InChI is InChI=1S/2C16H13.C3H6.2ClH.Zr/c2*1-2-7-13(8-3-1)15-11-5-4-9-14-10-6-12-16(14)15;1-3-2;;;/h2*1-5,7-12H,6H2;1-2H3;2*1H;. The molecule has 2 aromatic rings. The molecule has 6 rings (SSSR count). The molecule has 0 nitrogen and oxygen atoms in total. The second kappa shape index (κ2) is 12.7. The van der Waals surface area contributed by atoms with Gasteiger partial charge in [-0.05, 0) is 0 Å². The van der Waals surface area contributed by atoms with Gasteiger partial charge in [0.25, 0.3) is 0 Å². The first-order valence-corrected chi connectivity index (χ1v) is 17.2. The second-order valence-electron chi connectivity index (χ2n) is 10.2. The Morgan fingerprint density at radius 3 is 1.34 bits per heavy atom. The second-order valence-corrected chi connectivity index (χ2v) is 18.3. The van der Waals surface area contributed by atoms with Crippen LogP contribution in [0.15, 0.2) is 144 Å². The van der Waals surface area contributed by atoms with Crippen LogP contribution >= 0.6 is 24.8 Å². The average Bonchev–Trinajstić information content (AvgIpc) is 3.34. The monoisotopic (exact) mass is 614 g/mol. The number of fused-ring (bicyclic) bond motifs is 2. The van der Waals surface area contributed by atoms with Crippen LogP contribution in [0.4, 0.5) is 0 Å². The van der Waals surface area contributed by atoms with Gasteiger partial charge >= 0.3 is 224 Å². The van der Waals surface area contributed by atoms with E-state index in [2.05, 4.69) is 135 Å². The van der Waals surface area contributed by atoms with Crippen LogP contribution in [-0.4, -0.2) is 3.21 Å². The molecule has 0 saturated carbocycles. The molecule has 4 aliphatic carbocycles. The van der Waals surface area contributed by atoms with Crippen LogP contribution < -0.4 is 0 Å². The maximum absolute atomic E-state index is 2.55. The molecule has 2 unspecified atom stereocenters. The van der Waals surface area contributed by atoms with Crippen molar-refractivity contribution in [1.82, 2.24) is 0 Å². The molecule has 38 heavy (non-hydrogen) atoms.